The second-order valence-corrected chi connectivity index (χ2v) is 16.2. The van der Waals surface area contributed by atoms with Crippen molar-refractivity contribution in [1.29, 1.82) is 0 Å². The zero-order valence-electron chi connectivity index (χ0n) is 21.0. The molecule has 4 nitrogen and oxygen atoms in total. The van der Waals surface area contributed by atoms with Gasteiger partial charge >= 0.3 is 0 Å². The van der Waals surface area contributed by atoms with Crippen LogP contribution in [-0.4, -0.2) is 28.9 Å². The number of hydrogen-bond acceptors (Lipinski definition) is 4. The summed E-state index contributed by atoms with van der Waals surface area (Å²) in [6.45, 7) is 13.4. The molecule has 0 unspecified atom stereocenters. The van der Waals surface area contributed by atoms with Crippen molar-refractivity contribution in [3.05, 3.63) is 51.2 Å². The fourth-order valence-electron chi connectivity index (χ4n) is 5.07. The van der Waals surface area contributed by atoms with Gasteiger partial charge in [0, 0.05) is 24.4 Å². The summed E-state index contributed by atoms with van der Waals surface area (Å²) in [5, 5.41) is 1.12. The van der Waals surface area contributed by atoms with E-state index in [4.69, 9.17) is 11.6 Å². The van der Waals surface area contributed by atoms with Crippen molar-refractivity contribution in [1.82, 2.24) is 14.5 Å². The van der Waals surface area contributed by atoms with E-state index in [0.29, 0.717) is 43.9 Å². The SMILES string of the molecule is CSc1ncc2c(C#C[Si](C(C)C)(C(C)C)C(C)C)c(-c3cccc(F)c3Cl)c(=O)n(C)c2n1. The lowest BCUT2D eigenvalue weighted by molar-refractivity contribution is 0.628. The van der Waals surface area contributed by atoms with Crippen molar-refractivity contribution in [2.24, 2.45) is 7.05 Å². The van der Waals surface area contributed by atoms with Crippen LogP contribution < -0.4 is 5.56 Å². The standard InChI is InChI=1S/C26H31ClFN3OSSi/c1-15(2)34(16(3)4,17(5)6)13-12-18-20-14-29-26(33-8)30-24(20)31(7)25(32)22(18)19-10-9-11-21(28)23(19)27/h9-11,14-17H,1-8H3. The van der Waals surface area contributed by atoms with Crippen molar-refractivity contribution in [3.63, 3.8) is 0 Å². The largest absolute Gasteiger partial charge is 0.295 e. The molecule has 0 fully saturated rings. The van der Waals surface area contributed by atoms with Gasteiger partial charge in [-0.25, -0.2) is 14.4 Å². The van der Waals surface area contributed by atoms with Crippen LogP contribution in [0.1, 0.15) is 47.1 Å². The normalized spacial score (nSPS) is 12.0. The number of nitrogens with zero attached hydrogens (tertiary/aromatic N) is 3. The average Bonchev–Trinajstić information content (AvgIpc) is 2.78. The predicted octanol–water partition coefficient (Wildman–Crippen LogP) is 7.08. The van der Waals surface area contributed by atoms with Crippen LogP contribution in [0.5, 0.6) is 0 Å². The molecule has 0 amide bonds. The monoisotopic (exact) mass is 515 g/mol. The van der Waals surface area contributed by atoms with Gasteiger partial charge in [-0.05, 0) is 28.9 Å². The zero-order chi connectivity index (χ0) is 25.4. The Hall–Kier alpha value is -2.14. The van der Waals surface area contributed by atoms with Crippen LogP contribution in [0.4, 0.5) is 4.39 Å². The number of pyridine rings is 1. The van der Waals surface area contributed by atoms with Crippen molar-refractivity contribution in [2.75, 3.05) is 6.26 Å². The average molecular weight is 516 g/mol. The summed E-state index contributed by atoms with van der Waals surface area (Å²) in [5.41, 5.74) is 6.25. The van der Waals surface area contributed by atoms with Gasteiger partial charge < -0.3 is 0 Å². The van der Waals surface area contributed by atoms with Gasteiger partial charge in [-0.3, -0.25) is 9.36 Å². The lowest BCUT2D eigenvalue weighted by Crippen LogP contribution is -2.43. The van der Waals surface area contributed by atoms with Crippen molar-refractivity contribution >= 4 is 42.5 Å². The summed E-state index contributed by atoms with van der Waals surface area (Å²) in [7, 11) is -0.459. The van der Waals surface area contributed by atoms with E-state index in [1.165, 1.54) is 22.4 Å². The summed E-state index contributed by atoms with van der Waals surface area (Å²) >= 11 is 7.77. The van der Waals surface area contributed by atoms with E-state index >= 15 is 0 Å². The highest BCUT2D eigenvalue weighted by Crippen LogP contribution is 2.41. The Balaban J connectivity index is 2.53. The smallest absolute Gasteiger partial charge is 0.261 e. The van der Waals surface area contributed by atoms with Crippen LogP contribution in [-0.2, 0) is 7.05 Å². The van der Waals surface area contributed by atoms with Gasteiger partial charge in [-0.2, -0.15) is 0 Å². The topological polar surface area (TPSA) is 47.8 Å². The molecule has 0 aliphatic carbocycles. The first-order valence-electron chi connectivity index (χ1n) is 11.4. The minimum atomic E-state index is -2.12. The molecule has 0 atom stereocenters. The minimum absolute atomic E-state index is 0.0938. The first kappa shape index (κ1) is 26.5. The molecule has 2 aromatic heterocycles. The number of thioether (sulfide) groups is 1. The third kappa shape index (κ3) is 4.44. The lowest BCUT2D eigenvalue weighted by atomic mass is 9.99. The molecule has 0 saturated carbocycles. The van der Waals surface area contributed by atoms with Gasteiger partial charge in [0.1, 0.15) is 19.5 Å². The van der Waals surface area contributed by atoms with E-state index in [9.17, 15) is 9.18 Å². The summed E-state index contributed by atoms with van der Waals surface area (Å²) < 4.78 is 15.9. The molecule has 8 heteroatoms. The summed E-state index contributed by atoms with van der Waals surface area (Å²) in [5.74, 6) is 2.84. The highest BCUT2D eigenvalue weighted by Gasteiger charge is 2.41. The van der Waals surface area contributed by atoms with Crippen LogP contribution in [0.25, 0.3) is 22.2 Å². The van der Waals surface area contributed by atoms with Gasteiger partial charge in [0.25, 0.3) is 5.56 Å². The van der Waals surface area contributed by atoms with E-state index in [1.54, 1.807) is 25.4 Å². The van der Waals surface area contributed by atoms with Crippen molar-refractivity contribution in [2.45, 2.75) is 63.3 Å². The molecule has 3 aromatic rings. The van der Waals surface area contributed by atoms with Gasteiger partial charge in [-0.1, -0.05) is 83.0 Å². The fourth-order valence-corrected chi connectivity index (χ4v) is 10.8. The highest BCUT2D eigenvalue weighted by molar-refractivity contribution is 7.98. The van der Waals surface area contributed by atoms with E-state index in [2.05, 4.69) is 63.0 Å². The second kappa shape index (κ2) is 10.2. The summed E-state index contributed by atoms with van der Waals surface area (Å²) in [6.07, 6.45) is 3.59. The third-order valence-corrected chi connectivity index (χ3v) is 14.0. The Kier molecular flexibility index (Phi) is 7.96. The van der Waals surface area contributed by atoms with Crippen LogP contribution in [0.2, 0.25) is 21.6 Å². The molecule has 0 saturated heterocycles. The Labute approximate surface area is 211 Å². The molecule has 1 aromatic carbocycles. The van der Waals surface area contributed by atoms with Gasteiger partial charge in [0.15, 0.2) is 5.16 Å². The van der Waals surface area contributed by atoms with Crippen molar-refractivity contribution < 1.29 is 4.39 Å². The molecular formula is C26H31ClFN3OSSi. The van der Waals surface area contributed by atoms with E-state index in [-0.39, 0.29) is 16.1 Å². The maximum atomic E-state index is 14.4. The van der Waals surface area contributed by atoms with Gasteiger partial charge in [-0.15, -0.1) is 5.54 Å². The Bertz CT molecular complexity index is 1340. The maximum Gasteiger partial charge on any atom is 0.261 e. The molecule has 0 bridgehead atoms. The second-order valence-electron chi connectivity index (χ2n) is 9.46. The number of halogens is 2. The quantitative estimate of drug-likeness (QED) is 0.158. The first-order valence-corrected chi connectivity index (χ1v) is 15.2. The molecule has 0 N–H and O–H groups in total. The number of rotatable bonds is 5. The maximum absolute atomic E-state index is 14.4. The molecule has 0 spiro atoms. The Morgan fingerprint density at radius 3 is 2.29 bits per heavy atom. The van der Waals surface area contributed by atoms with E-state index in [0.717, 1.165) is 0 Å². The molecule has 180 valence electrons. The molecule has 0 aliphatic rings. The first-order chi connectivity index (χ1) is 16.0. The molecule has 0 radical (unpaired) electrons. The Morgan fingerprint density at radius 2 is 1.74 bits per heavy atom. The van der Waals surface area contributed by atoms with Crippen LogP contribution in [0.3, 0.4) is 0 Å². The minimum Gasteiger partial charge on any atom is -0.295 e. The van der Waals surface area contributed by atoms with Gasteiger partial charge in [0.2, 0.25) is 0 Å². The van der Waals surface area contributed by atoms with Gasteiger partial charge in [0.05, 0.1) is 16.0 Å². The third-order valence-electron chi connectivity index (χ3n) is 6.78. The van der Waals surface area contributed by atoms with Crippen LogP contribution in [0, 0.1) is 17.3 Å². The van der Waals surface area contributed by atoms with E-state index in [1.807, 2.05) is 6.26 Å². The number of fused-ring (bicyclic) bond motifs is 1. The number of benzene rings is 1. The summed E-state index contributed by atoms with van der Waals surface area (Å²) in [4.78, 5) is 22.7. The number of aryl methyl sites for hydroxylation is 1. The highest BCUT2D eigenvalue weighted by atomic mass is 35.5. The molecule has 34 heavy (non-hydrogen) atoms. The lowest BCUT2D eigenvalue weighted by Gasteiger charge is -2.38. The van der Waals surface area contributed by atoms with E-state index < -0.39 is 13.9 Å². The predicted molar refractivity (Wildman–Crippen MR) is 145 cm³/mol. The van der Waals surface area contributed by atoms with Crippen LogP contribution in [0.15, 0.2) is 34.3 Å². The molecule has 2 heterocycles. The Morgan fingerprint density at radius 1 is 1.12 bits per heavy atom. The van der Waals surface area contributed by atoms with Crippen LogP contribution >= 0.6 is 23.4 Å². The summed E-state index contributed by atoms with van der Waals surface area (Å²) in [6, 6.07) is 4.50. The fraction of sp³-hybridized carbons (Fsp3) is 0.423. The number of aromatic nitrogens is 3. The number of hydrogen-bond donors (Lipinski definition) is 0. The van der Waals surface area contributed by atoms with Crippen molar-refractivity contribution in [3.8, 4) is 22.6 Å². The molecular weight excluding hydrogens is 485 g/mol. The molecule has 0 aliphatic heterocycles. The zero-order valence-corrected chi connectivity index (χ0v) is 23.5. The molecule has 3 rings (SSSR count).